The molecule has 0 unspecified atom stereocenters. The van der Waals surface area contributed by atoms with Gasteiger partial charge < -0.3 is 0 Å². The number of ether oxygens (including phenoxy) is 1. The summed E-state index contributed by atoms with van der Waals surface area (Å²) in [7, 11) is 0. The lowest BCUT2D eigenvalue weighted by Gasteiger charge is -2.08. The van der Waals surface area contributed by atoms with Crippen molar-refractivity contribution in [2.75, 3.05) is 0 Å². The molecule has 0 amide bonds. The van der Waals surface area contributed by atoms with Crippen LogP contribution in [0.2, 0.25) is 0 Å². The molecule has 5 heteroatoms. The van der Waals surface area contributed by atoms with Gasteiger partial charge >= 0.3 is 6.36 Å². The average Bonchev–Trinajstić information content (AvgIpc) is 2.37. The van der Waals surface area contributed by atoms with E-state index in [1.54, 1.807) is 36.4 Å². The summed E-state index contributed by atoms with van der Waals surface area (Å²) < 4.78 is 52.1. The third-order valence-corrected chi connectivity index (χ3v) is 2.53. The number of alkyl halides is 3. The molecule has 0 aliphatic heterocycles. The van der Waals surface area contributed by atoms with Crippen molar-refractivity contribution in [1.29, 1.82) is 0 Å². The van der Waals surface area contributed by atoms with Gasteiger partial charge in [0.1, 0.15) is 5.82 Å². The largest absolute Gasteiger partial charge is 0.522 e. The van der Waals surface area contributed by atoms with Crippen LogP contribution in [-0.2, 0) is 11.3 Å². The van der Waals surface area contributed by atoms with Crippen LogP contribution < -0.4 is 0 Å². The van der Waals surface area contributed by atoms with Gasteiger partial charge in [-0.25, -0.2) is 4.39 Å². The predicted molar refractivity (Wildman–Crippen MR) is 62.7 cm³/mol. The molecule has 2 aromatic carbocycles. The monoisotopic (exact) mass is 270 g/mol. The van der Waals surface area contributed by atoms with Crippen LogP contribution in [0.25, 0.3) is 11.1 Å². The zero-order chi connectivity index (χ0) is 13.9. The molecule has 0 aliphatic carbocycles. The van der Waals surface area contributed by atoms with Crippen molar-refractivity contribution in [2.24, 2.45) is 0 Å². The lowest BCUT2D eigenvalue weighted by Crippen LogP contribution is -2.12. The highest BCUT2D eigenvalue weighted by molar-refractivity contribution is 5.63. The molecule has 0 aliphatic rings. The van der Waals surface area contributed by atoms with E-state index in [9.17, 15) is 17.6 Å². The van der Waals surface area contributed by atoms with Gasteiger partial charge in [-0.1, -0.05) is 36.4 Å². The van der Waals surface area contributed by atoms with Crippen molar-refractivity contribution < 1.29 is 22.3 Å². The van der Waals surface area contributed by atoms with E-state index in [0.717, 1.165) is 11.1 Å². The van der Waals surface area contributed by atoms with Crippen LogP contribution in [0.3, 0.4) is 0 Å². The number of halogens is 4. The number of benzene rings is 2. The zero-order valence-electron chi connectivity index (χ0n) is 9.75. The molecule has 19 heavy (non-hydrogen) atoms. The Bertz CT molecular complexity index is 529. The fraction of sp³-hybridized carbons (Fsp3) is 0.143. The van der Waals surface area contributed by atoms with E-state index < -0.39 is 13.0 Å². The van der Waals surface area contributed by atoms with Gasteiger partial charge in [-0.15, -0.1) is 13.2 Å². The first-order chi connectivity index (χ1) is 8.94. The summed E-state index contributed by atoms with van der Waals surface area (Å²) in [6, 6.07) is 12.3. The van der Waals surface area contributed by atoms with Gasteiger partial charge in [0, 0.05) is 0 Å². The summed E-state index contributed by atoms with van der Waals surface area (Å²) >= 11 is 0. The Kier molecular flexibility index (Phi) is 3.85. The molecule has 2 rings (SSSR count). The second-order valence-corrected chi connectivity index (χ2v) is 3.94. The molecule has 0 heterocycles. The van der Waals surface area contributed by atoms with E-state index in [2.05, 4.69) is 4.74 Å². The van der Waals surface area contributed by atoms with Gasteiger partial charge in [-0.05, 0) is 28.8 Å². The van der Waals surface area contributed by atoms with E-state index in [4.69, 9.17) is 0 Å². The SMILES string of the molecule is Fc1ccc(-c2ccc(COC(F)(F)F)cc2)cc1. The third kappa shape index (κ3) is 4.06. The van der Waals surface area contributed by atoms with E-state index in [1.165, 1.54) is 12.1 Å². The fourth-order valence-corrected chi connectivity index (χ4v) is 1.60. The first-order valence-corrected chi connectivity index (χ1v) is 5.50. The Morgan fingerprint density at radius 2 is 1.26 bits per heavy atom. The molecule has 0 N–H and O–H groups in total. The quantitative estimate of drug-likeness (QED) is 0.744. The normalized spacial score (nSPS) is 11.6. The Morgan fingerprint density at radius 1 is 0.789 bits per heavy atom. The lowest BCUT2D eigenvalue weighted by atomic mass is 10.0. The summed E-state index contributed by atoms with van der Waals surface area (Å²) in [5.41, 5.74) is 2.02. The van der Waals surface area contributed by atoms with Crippen LogP contribution in [0.5, 0.6) is 0 Å². The molecule has 0 saturated heterocycles. The molecule has 0 saturated carbocycles. The van der Waals surface area contributed by atoms with Crippen LogP contribution in [0.15, 0.2) is 48.5 Å². The lowest BCUT2D eigenvalue weighted by molar-refractivity contribution is -0.330. The molecule has 0 bridgehead atoms. The molecule has 0 fully saturated rings. The number of hydrogen-bond acceptors (Lipinski definition) is 1. The fourth-order valence-electron chi connectivity index (χ4n) is 1.60. The van der Waals surface area contributed by atoms with Gasteiger partial charge in [-0.2, -0.15) is 0 Å². The van der Waals surface area contributed by atoms with E-state index >= 15 is 0 Å². The highest BCUT2D eigenvalue weighted by atomic mass is 19.4. The summed E-state index contributed by atoms with van der Waals surface area (Å²) in [5.74, 6) is -0.334. The Balaban J connectivity index is 2.08. The minimum Gasteiger partial charge on any atom is -0.287 e. The number of hydrogen-bond donors (Lipinski definition) is 0. The van der Waals surface area contributed by atoms with E-state index in [1.807, 2.05) is 0 Å². The standard InChI is InChI=1S/C14H10F4O/c15-13-7-5-12(6-8-13)11-3-1-10(2-4-11)9-19-14(16,17)18/h1-8H,9H2. The van der Waals surface area contributed by atoms with Crippen molar-refractivity contribution in [3.63, 3.8) is 0 Å². The second kappa shape index (κ2) is 5.40. The molecule has 0 spiro atoms. The molecule has 100 valence electrons. The Morgan fingerprint density at radius 3 is 1.74 bits per heavy atom. The highest BCUT2D eigenvalue weighted by Crippen LogP contribution is 2.22. The summed E-state index contributed by atoms with van der Waals surface area (Å²) in [6.07, 6.45) is -4.63. The third-order valence-electron chi connectivity index (χ3n) is 2.53. The summed E-state index contributed by atoms with van der Waals surface area (Å²) in [6.45, 7) is -0.521. The topological polar surface area (TPSA) is 9.23 Å². The predicted octanol–water partition coefficient (Wildman–Crippen LogP) is 4.53. The molecule has 0 aromatic heterocycles. The van der Waals surface area contributed by atoms with Gasteiger partial charge in [0.05, 0.1) is 6.61 Å². The first-order valence-electron chi connectivity index (χ1n) is 5.50. The van der Waals surface area contributed by atoms with Gasteiger partial charge in [0.15, 0.2) is 0 Å². The molecule has 1 nitrogen and oxygen atoms in total. The van der Waals surface area contributed by atoms with Crippen LogP contribution >= 0.6 is 0 Å². The minimum absolute atomic E-state index is 0.334. The van der Waals surface area contributed by atoms with Gasteiger partial charge in [-0.3, -0.25) is 4.74 Å². The molecule has 0 atom stereocenters. The maximum Gasteiger partial charge on any atom is 0.522 e. The number of rotatable bonds is 3. The van der Waals surface area contributed by atoms with Crippen LogP contribution in [0.4, 0.5) is 17.6 Å². The molecular weight excluding hydrogens is 260 g/mol. The highest BCUT2D eigenvalue weighted by Gasteiger charge is 2.28. The average molecular weight is 270 g/mol. The van der Waals surface area contributed by atoms with Crippen molar-refractivity contribution >= 4 is 0 Å². The first kappa shape index (κ1) is 13.5. The van der Waals surface area contributed by atoms with E-state index in [-0.39, 0.29) is 5.82 Å². The van der Waals surface area contributed by atoms with Crippen molar-refractivity contribution in [3.05, 3.63) is 59.9 Å². The molecular formula is C14H10F4O. The summed E-state index contributed by atoms with van der Waals surface area (Å²) in [4.78, 5) is 0. The Hall–Kier alpha value is -1.88. The summed E-state index contributed by atoms with van der Waals surface area (Å²) in [5, 5.41) is 0. The van der Waals surface area contributed by atoms with Gasteiger partial charge in [0.2, 0.25) is 0 Å². The van der Waals surface area contributed by atoms with Crippen LogP contribution in [-0.4, -0.2) is 6.36 Å². The van der Waals surface area contributed by atoms with Crippen molar-refractivity contribution in [1.82, 2.24) is 0 Å². The Labute approximate surface area is 107 Å². The van der Waals surface area contributed by atoms with Crippen molar-refractivity contribution in [3.8, 4) is 11.1 Å². The van der Waals surface area contributed by atoms with E-state index in [0.29, 0.717) is 5.56 Å². The molecule has 2 aromatic rings. The maximum absolute atomic E-state index is 12.8. The molecule has 0 radical (unpaired) electrons. The minimum atomic E-state index is -4.63. The maximum atomic E-state index is 12.8. The zero-order valence-corrected chi connectivity index (χ0v) is 9.75. The van der Waals surface area contributed by atoms with Crippen molar-refractivity contribution in [2.45, 2.75) is 13.0 Å². The van der Waals surface area contributed by atoms with Crippen LogP contribution in [0.1, 0.15) is 5.56 Å². The van der Waals surface area contributed by atoms with Crippen LogP contribution in [0, 0.1) is 5.82 Å². The smallest absolute Gasteiger partial charge is 0.287 e. The second-order valence-electron chi connectivity index (χ2n) is 3.94. The van der Waals surface area contributed by atoms with Gasteiger partial charge in [0.25, 0.3) is 0 Å².